The molecule has 2 heterocycles. The van der Waals surface area contributed by atoms with Gasteiger partial charge in [-0.05, 0) is 37.4 Å². The number of nitro benzene ring substituents is 1. The number of non-ortho nitro benzene ring substituents is 1. The van der Waals surface area contributed by atoms with E-state index in [-0.39, 0.29) is 11.7 Å². The summed E-state index contributed by atoms with van der Waals surface area (Å²) in [5, 5.41) is 19.4. The minimum atomic E-state index is -0.403. The molecule has 6 nitrogen and oxygen atoms in total. The Morgan fingerprint density at radius 1 is 1.20 bits per heavy atom. The Bertz CT molecular complexity index is 951. The third-order valence-electron chi connectivity index (χ3n) is 3.27. The minimum absolute atomic E-state index is 0.0692. The van der Waals surface area contributed by atoms with E-state index in [1.807, 2.05) is 36.7 Å². The van der Waals surface area contributed by atoms with Crippen LogP contribution in [0.3, 0.4) is 0 Å². The Morgan fingerprint density at radius 3 is 2.56 bits per heavy atom. The van der Waals surface area contributed by atoms with Crippen LogP contribution < -0.4 is 4.80 Å². The summed E-state index contributed by atoms with van der Waals surface area (Å²) in [6, 6.07) is 10.6. The highest BCUT2D eigenvalue weighted by atomic mass is 32.1. The average Bonchev–Trinajstić information content (AvgIpc) is 3.22. The molecule has 128 valence electrons. The second-order valence-electron chi connectivity index (χ2n) is 5.50. The summed E-state index contributed by atoms with van der Waals surface area (Å²) in [6.45, 7) is 4.02. The molecule has 2 aromatic heterocycles. The van der Waals surface area contributed by atoms with E-state index < -0.39 is 4.92 Å². The minimum Gasteiger partial charge on any atom is -0.258 e. The maximum Gasteiger partial charge on any atom is 0.269 e. The Hall–Kier alpha value is -2.58. The van der Waals surface area contributed by atoms with Crippen LogP contribution in [0.1, 0.15) is 18.7 Å². The zero-order chi connectivity index (χ0) is 17.8. The molecule has 0 saturated heterocycles. The molecule has 0 saturated carbocycles. The molecular formula is C17H16N4O2S2. The zero-order valence-corrected chi connectivity index (χ0v) is 15.3. The monoisotopic (exact) mass is 372 g/mol. The van der Waals surface area contributed by atoms with Gasteiger partial charge in [0.2, 0.25) is 4.80 Å². The Balaban J connectivity index is 2.07. The van der Waals surface area contributed by atoms with Gasteiger partial charge in [-0.25, -0.2) is 4.68 Å². The Kier molecular flexibility index (Phi) is 5.20. The van der Waals surface area contributed by atoms with E-state index in [2.05, 4.69) is 10.1 Å². The summed E-state index contributed by atoms with van der Waals surface area (Å²) in [5.41, 5.74) is 1.78. The molecule has 0 fully saturated rings. The fourth-order valence-corrected chi connectivity index (χ4v) is 3.70. The normalized spacial score (nSPS) is 12.4. The number of thiazole rings is 1. The number of rotatable bonds is 5. The second kappa shape index (κ2) is 7.54. The summed E-state index contributed by atoms with van der Waals surface area (Å²) in [6.07, 6.45) is 1.80. The van der Waals surface area contributed by atoms with Crippen molar-refractivity contribution in [2.24, 2.45) is 10.1 Å². The van der Waals surface area contributed by atoms with Crippen molar-refractivity contribution in [2.45, 2.75) is 19.9 Å². The highest BCUT2D eigenvalue weighted by Crippen LogP contribution is 2.23. The van der Waals surface area contributed by atoms with Gasteiger partial charge in [0.1, 0.15) is 0 Å². The van der Waals surface area contributed by atoms with Crippen LogP contribution in [-0.2, 0) is 0 Å². The maximum absolute atomic E-state index is 10.8. The predicted octanol–water partition coefficient (Wildman–Crippen LogP) is 4.38. The fourth-order valence-electron chi connectivity index (χ4n) is 2.15. The van der Waals surface area contributed by atoms with Crippen molar-refractivity contribution in [2.75, 3.05) is 0 Å². The molecule has 0 unspecified atom stereocenters. The van der Waals surface area contributed by atoms with E-state index in [0.717, 1.165) is 20.9 Å². The molecule has 3 rings (SSSR count). The summed E-state index contributed by atoms with van der Waals surface area (Å²) in [7, 11) is 0. The predicted molar refractivity (Wildman–Crippen MR) is 102 cm³/mol. The van der Waals surface area contributed by atoms with Crippen molar-refractivity contribution in [1.82, 2.24) is 4.68 Å². The van der Waals surface area contributed by atoms with Crippen molar-refractivity contribution in [3.05, 3.63) is 67.0 Å². The van der Waals surface area contributed by atoms with Gasteiger partial charge in [0.25, 0.3) is 5.69 Å². The third kappa shape index (κ3) is 4.09. The van der Waals surface area contributed by atoms with Crippen LogP contribution in [0.2, 0.25) is 0 Å². The van der Waals surface area contributed by atoms with Crippen LogP contribution in [0.5, 0.6) is 0 Å². The lowest BCUT2D eigenvalue weighted by Crippen LogP contribution is -2.14. The standard InChI is InChI=1S/C17H16N4O2S2/c1-12(2)19-17-20(18-10-15-4-3-9-24-15)16(11-25-17)13-5-7-14(8-6-13)21(22)23/h3-12H,1-2H3. The number of nitrogens with zero attached hydrogens (tertiary/aromatic N) is 4. The van der Waals surface area contributed by atoms with E-state index in [4.69, 9.17) is 0 Å². The first-order chi connectivity index (χ1) is 12.0. The first-order valence-corrected chi connectivity index (χ1v) is 9.37. The number of nitro groups is 1. The number of thiophene rings is 1. The number of benzene rings is 1. The van der Waals surface area contributed by atoms with Gasteiger partial charge in [0.05, 0.1) is 16.8 Å². The van der Waals surface area contributed by atoms with Crippen LogP contribution in [0.4, 0.5) is 5.69 Å². The molecule has 25 heavy (non-hydrogen) atoms. The van der Waals surface area contributed by atoms with Gasteiger partial charge in [0.15, 0.2) is 0 Å². The van der Waals surface area contributed by atoms with Crippen LogP contribution in [0, 0.1) is 10.1 Å². The van der Waals surface area contributed by atoms with E-state index >= 15 is 0 Å². The van der Waals surface area contributed by atoms with Gasteiger partial charge in [-0.3, -0.25) is 15.1 Å². The van der Waals surface area contributed by atoms with E-state index in [9.17, 15) is 10.1 Å². The SMILES string of the molecule is CC(C)N=c1scc(-c2ccc([N+](=O)[O-])cc2)n1N=Cc1cccs1. The molecule has 0 spiro atoms. The van der Waals surface area contributed by atoms with Crippen LogP contribution in [-0.4, -0.2) is 21.9 Å². The third-order valence-corrected chi connectivity index (χ3v) is 4.91. The number of hydrogen-bond donors (Lipinski definition) is 0. The quantitative estimate of drug-likeness (QED) is 0.379. The molecule has 8 heteroatoms. The molecule has 0 atom stereocenters. The van der Waals surface area contributed by atoms with E-state index in [1.165, 1.54) is 23.5 Å². The Morgan fingerprint density at radius 2 is 1.96 bits per heavy atom. The highest BCUT2D eigenvalue weighted by Gasteiger charge is 2.10. The molecule has 1 aromatic carbocycles. The highest BCUT2D eigenvalue weighted by molar-refractivity contribution is 7.11. The van der Waals surface area contributed by atoms with Crippen LogP contribution >= 0.6 is 22.7 Å². The molecule has 0 radical (unpaired) electrons. The lowest BCUT2D eigenvalue weighted by Gasteiger charge is -2.04. The Labute approximate surface area is 152 Å². The average molecular weight is 372 g/mol. The van der Waals surface area contributed by atoms with Gasteiger partial charge in [-0.2, -0.15) is 5.10 Å². The molecule has 0 aliphatic heterocycles. The second-order valence-corrected chi connectivity index (χ2v) is 7.32. The molecule has 0 amide bonds. The van der Waals surface area contributed by atoms with E-state index in [1.54, 1.807) is 34.4 Å². The lowest BCUT2D eigenvalue weighted by atomic mass is 10.1. The maximum atomic E-state index is 10.8. The topological polar surface area (TPSA) is 72.8 Å². The fraction of sp³-hybridized carbons (Fsp3) is 0.176. The van der Waals surface area contributed by atoms with Gasteiger partial charge in [0, 0.05) is 34.0 Å². The smallest absolute Gasteiger partial charge is 0.258 e. The van der Waals surface area contributed by atoms with Crippen molar-refractivity contribution < 1.29 is 4.92 Å². The van der Waals surface area contributed by atoms with Crippen molar-refractivity contribution in [1.29, 1.82) is 0 Å². The zero-order valence-electron chi connectivity index (χ0n) is 13.7. The molecule has 3 aromatic rings. The molecule has 0 aliphatic rings. The number of aromatic nitrogens is 1. The first kappa shape index (κ1) is 17.2. The van der Waals surface area contributed by atoms with Gasteiger partial charge < -0.3 is 0 Å². The van der Waals surface area contributed by atoms with E-state index in [0.29, 0.717) is 0 Å². The van der Waals surface area contributed by atoms with Gasteiger partial charge in [-0.15, -0.1) is 22.7 Å². The molecule has 0 bridgehead atoms. The molecule has 0 aliphatic carbocycles. The van der Waals surface area contributed by atoms with Crippen molar-refractivity contribution in [3.8, 4) is 11.3 Å². The van der Waals surface area contributed by atoms with Crippen LogP contribution in [0.15, 0.2) is 57.3 Å². The molecular weight excluding hydrogens is 356 g/mol. The van der Waals surface area contributed by atoms with Crippen molar-refractivity contribution >= 4 is 34.6 Å². The lowest BCUT2D eigenvalue weighted by molar-refractivity contribution is -0.384. The summed E-state index contributed by atoms with van der Waals surface area (Å²) >= 11 is 3.11. The summed E-state index contributed by atoms with van der Waals surface area (Å²) in [4.78, 5) is 16.9. The summed E-state index contributed by atoms with van der Waals surface area (Å²) in [5.74, 6) is 0. The van der Waals surface area contributed by atoms with Crippen LogP contribution in [0.25, 0.3) is 11.3 Å². The van der Waals surface area contributed by atoms with Gasteiger partial charge in [-0.1, -0.05) is 6.07 Å². The molecule has 0 N–H and O–H groups in total. The van der Waals surface area contributed by atoms with Crippen molar-refractivity contribution in [3.63, 3.8) is 0 Å². The summed E-state index contributed by atoms with van der Waals surface area (Å²) < 4.78 is 1.78. The van der Waals surface area contributed by atoms with Gasteiger partial charge >= 0.3 is 0 Å². The first-order valence-electron chi connectivity index (χ1n) is 7.61. The largest absolute Gasteiger partial charge is 0.269 e. The number of hydrogen-bond acceptors (Lipinski definition) is 6.